The van der Waals surface area contributed by atoms with Crippen LogP contribution >= 0.6 is 0 Å². The van der Waals surface area contributed by atoms with Crippen LogP contribution in [0.5, 0.6) is 0 Å². The number of oxime groups is 1. The summed E-state index contributed by atoms with van der Waals surface area (Å²) in [5.41, 5.74) is 0.396. The van der Waals surface area contributed by atoms with E-state index in [1.54, 1.807) is 13.8 Å². The van der Waals surface area contributed by atoms with Gasteiger partial charge in [-0.05, 0) is 82.8 Å². The van der Waals surface area contributed by atoms with Crippen molar-refractivity contribution in [3.8, 4) is 0 Å². The van der Waals surface area contributed by atoms with Gasteiger partial charge in [0.2, 0.25) is 5.71 Å². The molecule has 8 nitrogen and oxygen atoms in total. The maximum absolute atomic E-state index is 14.0. The lowest BCUT2D eigenvalue weighted by atomic mass is 9.68. The molecule has 4 atom stereocenters. The van der Waals surface area contributed by atoms with Crippen LogP contribution < -0.4 is 5.56 Å². The molecule has 2 aliphatic heterocycles. The molecule has 0 radical (unpaired) electrons. The maximum atomic E-state index is 14.0. The lowest BCUT2D eigenvalue weighted by Crippen LogP contribution is -2.58. The van der Waals surface area contributed by atoms with Crippen molar-refractivity contribution in [2.75, 3.05) is 0 Å². The summed E-state index contributed by atoms with van der Waals surface area (Å²) in [5.74, 6) is 0.468. The average molecular weight is 521 g/mol. The number of carboxylic acid groups (broad SMARTS) is 1. The minimum Gasteiger partial charge on any atom is -0.476 e. The summed E-state index contributed by atoms with van der Waals surface area (Å²) in [6, 6.07) is 9.18. The Kier molecular flexibility index (Phi) is 7.01. The van der Waals surface area contributed by atoms with Crippen LogP contribution in [0.15, 0.2) is 34.2 Å². The topological polar surface area (TPSA) is 97.0 Å². The van der Waals surface area contributed by atoms with Crippen LogP contribution in [0.3, 0.4) is 0 Å². The van der Waals surface area contributed by atoms with Crippen LogP contribution in [0.2, 0.25) is 0 Å². The Labute approximate surface area is 224 Å². The highest BCUT2D eigenvalue weighted by molar-refractivity contribution is 6.41. The van der Waals surface area contributed by atoms with Gasteiger partial charge in [-0.3, -0.25) is 9.69 Å². The predicted octanol–water partition coefficient (Wildman–Crippen LogP) is 5.14. The first-order valence-electron chi connectivity index (χ1n) is 14.6. The van der Waals surface area contributed by atoms with E-state index >= 15 is 0 Å². The Balaban J connectivity index is 1.37. The molecule has 8 heteroatoms. The molecule has 1 aromatic heterocycles. The fraction of sp³-hybridized carbons (Fsp3) is 0.667. The van der Waals surface area contributed by atoms with Crippen molar-refractivity contribution in [2.45, 2.75) is 115 Å². The Morgan fingerprint density at radius 3 is 2.26 bits per heavy atom. The minimum absolute atomic E-state index is 0.00449. The zero-order chi connectivity index (χ0) is 26.4. The molecule has 4 aliphatic rings. The smallest absolute Gasteiger partial charge is 0.360 e. The molecule has 4 bridgehead atoms. The summed E-state index contributed by atoms with van der Waals surface area (Å²) in [7, 11) is 0. The minimum atomic E-state index is -1.31. The summed E-state index contributed by atoms with van der Waals surface area (Å²) in [6.45, 7) is 3.53. The first kappa shape index (κ1) is 25.5. The number of carbonyl (C=O) groups is 1. The molecule has 2 aromatic rings. The second-order valence-corrected chi connectivity index (χ2v) is 12.4. The van der Waals surface area contributed by atoms with Crippen molar-refractivity contribution in [3.05, 3.63) is 40.3 Å². The molecule has 204 valence electrons. The van der Waals surface area contributed by atoms with Gasteiger partial charge in [-0.15, -0.1) is 0 Å². The van der Waals surface area contributed by atoms with E-state index in [0.29, 0.717) is 23.6 Å². The quantitative estimate of drug-likeness (QED) is 0.419. The molecule has 1 N–H and O–H groups in total. The summed E-state index contributed by atoms with van der Waals surface area (Å²) in [5, 5.41) is 13.7. The van der Waals surface area contributed by atoms with Gasteiger partial charge in [0.25, 0.3) is 5.56 Å². The van der Waals surface area contributed by atoms with Crippen molar-refractivity contribution in [2.24, 2.45) is 17.0 Å². The van der Waals surface area contributed by atoms with Crippen LogP contribution in [0.4, 0.5) is 0 Å². The highest BCUT2D eigenvalue weighted by Crippen LogP contribution is 2.47. The first-order chi connectivity index (χ1) is 18.4. The van der Waals surface area contributed by atoms with Gasteiger partial charge in [0.15, 0.2) is 5.69 Å². The van der Waals surface area contributed by atoms with Gasteiger partial charge in [-0.25, -0.2) is 9.78 Å². The average Bonchev–Trinajstić information content (AvgIpc) is 2.87. The summed E-state index contributed by atoms with van der Waals surface area (Å²) in [6.07, 6.45) is 13.4. The van der Waals surface area contributed by atoms with E-state index in [1.165, 1.54) is 57.8 Å². The molecule has 4 fully saturated rings. The Morgan fingerprint density at radius 2 is 1.61 bits per heavy atom. The number of nitrogens with zero attached hydrogens (tertiary/aromatic N) is 4. The maximum Gasteiger partial charge on any atom is 0.360 e. The van der Waals surface area contributed by atoms with E-state index in [1.807, 2.05) is 28.8 Å². The number of rotatable bonds is 6. The van der Waals surface area contributed by atoms with Crippen LogP contribution in [-0.4, -0.2) is 55.5 Å². The molecule has 2 aliphatic carbocycles. The van der Waals surface area contributed by atoms with Gasteiger partial charge in [-0.2, -0.15) is 0 Å². The Hall–Kier alpha value is -2.74. The van der Waals surface area contributed by atoms with Crippen molar-refractivity contribution < 1.29 is 14.7 Å². The number of aliphatic carboxylic acids is 1. The highest BCUT2D eigenvalue weighted by atomic mass is 16.6. The molecule has 3 heterocycles. The lowest BCUT2D eigenvalue weighted by molar-refractivity contribution is -0.129. The summed E-state index contributed by atoms with van der Waals surface area (Å²) >= 11 is 0. The van der Waals surface area contributed by atoms with Crippen molar-refractivity contribution in [1.29, 1.82) is 0 Å². The van der Waals surface area contributed by atoms with Crippen molar-refractivity contribution in [3.63, 3.8) is 0 Å². The van der Waals surface area contributed by atoms with E-state index in [9.17, 15) is 14.7 Å². The number of hydrogen-bond acceptors (Lipinski definition) is 6. The van der Waals surface area contributed by atoms with Gasteiger partial charge in [0.1, 0.15) is 6.10 Å². The third kappa shape index (κ3) is 4.76. The molecular weight excluding hydrogens is 480 g/mol. The molecule has 38 heavy (non-hydrogen) atoms. The number of piperidine rings is 2. The van der Waals surface area contributed by atoms with Crippen molar-refractivity contribution >= 4 is 22.7 Å². The number of aromatic nitrogens is 2. The van der Waals surface area contributed by atoms with Crippen LogP contribution in [-0.2, 0) is 9.63 Å². The number of benzene rings is 1. The zero-order valence-corrected chi connectivity index (χ0v) is 22.6. The molecule has 2 saturated carbocycles. The molecule has 1 aromatic carbocycles. The molecule has 6 rings (SSSR count). The Bertz CT molecular complexity index is 1260. The monoisotopic (exact) mass is 520 g/mol. The van der Waals surface area contributed by atoms with E-state index in [4.69, 9.17) is 4.84 Å². The third-order valence-corrected chi connectivity index (χ3v) is 9.47. The number of carboxylic acids is 1. The van der Waals surface area contributed by atoms with E-state index in [2.05, 4.69) is 15.0 Å². The fourth-order valence-corrected chi connectivity index (χ4v) is 8.15. The van der Waals surface area contributed by atoms with E-state index in [-0.39, 0.29) is 23.4 Å². The summed E-state index contributed by atoms with van der Waals surface area (Å²) in [4.78, 5) is 38.8. The fourth-order valence-electron chi connectivity index (χ4n) is 8.15. The van der Waals surface area contributed by atoms with Gasteiger partial charge in [0, 0.05) is 24.2 Å². The molecule has 2 saturated heterocycles. The van der Waals surface area contributed by atoms with Gasteiger partial charge < -0.3 is 14.5 Å². The zero-order valence-electron chi connectivity index (χ0n) is 22.6. The van der Waals surface area contributed by atoms with Crippen LogP contribution in [0, 0.1) is 11.8 Å². The first-order valence-corrected chi connectivity index (χ1v) is 14.6. The standard InChI is InChI=1S/C30H40N4O4/c1-18(2)38-32-28(30(36)37)27-29(35)34(26-12-4-3-11-25(26)31-27)24-16-21-9-6-10-22(17-24)33(21)23-14-19-7-5-8-20(13-19)15-23/h3-4,11-12,18-24H,5-10,13-17H2,1-2H3,(H,36,37)/b32-28-. The van der Waals surface area contributed by atoms with E-state index in [0.717, 1.165) is 30.2 Å². The SMILES string of the molecule is CC(C)O/N=C(\C(=O)O)c1nc2ccccc2n(C2CC3CCCC(C2)N3C2CC3CCCC(C3)C2)c1=O. The number of hydrogen-bond donors (Lipinski definition) is 1. The predicted molar refractivity (Wildman–Crippen MR) is 146 cm³/mol. The lowest BCUT2D eigenvalue weighted by Gasteiger charge is -2.55. The van der Waals surface area contributed by atoms with Crippen LogP contribution in [0.1, 0.15) is 96.2 Å². The van der Waals surface area contributed by atoms with Gasteiger partial charge in [-0.1, -0.05) is 43.0 Å². The second kappa shape index (κ2) is 10.4. The second-order valence-electron chi connectivity index (χ2n) is 12.4. The van der Waals surface area contributed by atoms with E-state index < -0.39 is 11.7 Å². The Morgan fingerprint density at radius 1 is 0.947 bits per heavy atom. The number of para-hydroxylation sites is 2. The van der Waals surface area contributed by atoms with Crippen LogP contribution in [0.25, 0.3) is 11.0 Å². The highest BCUT2D eigenvalue weighted by Gasteiger charge is 2.45. The molecule has 0 spiro atoms. The molecular formula is C30H40N4O4. The molecule has 4 unspecified atom stereocenters. The summed E-state index contributed by atoms with van der Waals surface area (Å²) < 4.78 is 1.84. The normalized spacial score (nSPS) is 31.9. The number of fused-ring (bicyclic) bond motifs is 5. The van der Waals surface area contributed by atoms with Gasteiger partial charge in [0.05, 0.1) is 11.0 Å². The van der Waals surface area contributed by atoms with Crippen molar-refractivity contribution in [1.82, 2.24) is 14.5 Å². The largest absolute Gasteiger partial charge is 0.476 e. The van der Waals surface area contributed by atoms with Gasteiger partial charge >= 0.3 is 5.97 Å². The third-order valence-electron chi connectivity index (χ3n) is 9.47. The molecule has 0 amide bonds.